The van der Waals surface area contributed by atoms with Gasteiger partial charge in [-0.25, -0.2) is 0 Å². The first-order valence-corrected chi connectivity index (χ1v) is 7.38. The van der Waals surface area contributed by atoms with Crippen LogP contribution in [0.4, 0.5) is 11.4 Å². The van der Waals surface area contributed by atoms with E-state index in [1.807, 2.05) is 6.07 Å². The van der Waals surface area contributed by atoms with E-state index in [-0.39, 0.29) is 11.8 Å². The van der Waals surface area contributed by atoms with Crippen LogP contribution in [-0.4, -0.2) is 26.0 Å². The van der Waals surface area contributed by atoms with Gasteiger partial charge in [0.15, 0.2) is 0 Å². The Bertz CT molecular complexity index is 744. The maximum Gasteiger partial charge on any atom is 0.255 e. The first-order valence-electron chi connectivity index (χ1n) is 7.38. The first-order chi connectivity index (χ1) is 11.5. The molecule has 0 radical (unpaired) electrons. The number of anilines is 2. The normalized spacial score (nSPS) is 10.1. The van der Waals surface area contributed by atoms with Gasteiger partial charge in [0.25, 0.3) is 5.91 Å². The predicted molar refractivity (Wildman–Crippen MR) is 92.4 cm³/mol. The Labute approximate surface area is 140 Å². The van der Waals surface area contributed by atoms with E-state index >= 15 is 0 Å². The molecule has 0 aliphatic rings. The summed E-state index contributed by atoms with van der Waals surface area (Å²) in [7, 11) is 3.12. The third kappa shape index (κ3) is 4.57. The van der Waals surface area contributed by atoms with Crippen molar-refractivity contribution in [3.8, 4) is 5.75 Å². The largest absolute Gasteiger partial charge is 0.495 e. The highest BCUT2D eigenvalue weighted by Gasteiger charge is 2.10. The average molecular weight is 328 g/mol. The Hall–Kier alpha value is -2.86. The van der Waals surface area contributed by atoms with Crippen LogP contribution < -0.4 is 15.4 Å². The van der Waals surface area contributed by atoms with Gasteiger partial charge in [-0.3, -0.25) is 9.59 Å². The Balaban J connectivity index is 2.19. The fourth-order valence-electron chi connectivity index (χ4n) is 2.25. The SMILES string of the molecule is COCc1cccc(C(=O)Nc2ccc(OC)c(NC(C)=O)c2)c1. The fraction of sp³-hybridized carbons (Fsp3) is 0.222. The summed E-state index contributed by atoms with van der Waals surface area (Å²) in [5.41, 5.74) is 2.50. The second-order valence-electron chi connectivity index (χ2n) is 5.18. The van der Waals surface area contributed by atoms with Crippen molar-refractivity contribution in [3.63, 3.8) is 0 Å². The van der Waals surface area contributed by atoms with Gasteiger partial charge in [0.1, 0.15) is 5.75 Å². The number of carbonyl (C=O) groups is 2. The zero-order chi connectivity index (χ0) is 17.5. The Kier molecular flexibility index (Phi) is 5.92. The third-order valence-corrected chi connectivity index (χ3v) is 3.27. The summed E-state index contributed by atoms with van der Waals surface area (Å²) in [6.07, 6.45) is 0. The molecule has 0 unspecified atom stereocenters. The zero-order valence-corrected chi connectivity index (χ0v) is 13.9. The van der Waals surface area contributed by atoms with Gasteiger partial charge in [0.05, 0.1) is 19.4 Å². The van der Waals surface area contributed by atoms with Crippen molar-refractivity contribution in [2.45, 2.75) is 13.5 Å². The Morgan fingerprint density at radius 3 is 2.50 bits per heavy atom. The van der Waals surface area contributed by atoms with Crippen LogP contribution in [0.3, 0.4) is 0 Å². The van der Waals surface area contributed by atoms with Crippen molar-refractivity contribution in [2.75, 3.05) is 24.9 Å². The van der Waals surface area contributed by atoms with Crippen molar-refractivity contribution >= 4 is 23.2 Å². The summed E-state index contributed by atoms with van der Waals surface area (Å²) in [5, 5.41) is 5.48. The summed E-state index contributed by atoms with van der Waals surface area (Å²) < 4.78 is 10.3. The van der Waals surface area contributed by atoms with Gasteiger partial charge in [0.2, 0.25) is 5.91 Å². The lowest BCUT2D eigenvalue weighted by Gasteiger charge is -2.12. The number of rotatable bonds is 6. The van der Waals surface area contributed by atoms with Crippen LogP contribution in [-0.2, 0) is 16.1 Å². The summed E-state index contributed by atoms with van der Waals surface area (Å²) >= 11 is 0. The van der Waals surface area contributed by atoms with Crippen LogP contribution >= 0.6 is 0 Å². The number of methoxy groups -OCH3 is 2. The lowest BCUT2D eigenvalue weighted by molar-refractivity contribution is -0.114. The highest BCUT2D eigenvalue weighted by molar-refractivity contribution is 6.05. The van der Waals surface area contributed by atoms with Gasteiger partial charge in [-0.15, -0.1) is 0 Å². The van der Waals surface area contributed by atoms with Crippen LogP contribution in [0.15, 0.2) is 42.5 Å². The molecule has 6 heteroatoms. The highest BCUT2D eigenvalue weighted by atomic mass is 16.5. The third-order valence-electron chi connectivity index (χ3n) is 3.27. The van der Waals surface area contributed by atoms with Gasteiger partial charge in [-0.1, -0.05) is 12.1 Å². The lowest BCUT2D eigenvalue weighted by Crippen LogP contribution is -2.13. The van der Waals surface area contributed by atoms with Gasteiger partial charge in [0, 0.05) is 25.3 Å². The number of benzene rings is 2. The first kappa shape index (κ1) is 17.5. The van der Waals surface area contributed by atoms with E-state index in [2.05, 4.69) is 10.6 Å². The second-order valence-corrected chi connectivity index (χ2v) is 5.18. The summed E-state index contributed by atoms with van der Waals surface area (Å²) in [4.78, 5) is 23.7. The van der Waals surface area contributed by atoms with E-state index in [0.717, 1.165) is 5.56 Å². The number of ether oxygens (including phenoxy) is 2. The topological polar surface area (TPSA) is 76.7 Å². The van der Waals surface area contributed by atoms with Crippen molar-refractivity contribution in [2.24, 2.45) is 0 Å². The number of carbonyl (C=O) groups excluding carboxylic acids is 2. The fourth-order valence-corrected chi connectivity index (χ4v) is 2.25. The number of nitrogens with one attached hydrogen (secondary N) is 2. The van der Waals surface area contributed by atoms with Crippen LogP contribution in [0.25, 0.3) is 0 Å². The number of hydrogen-bond donors (Lipinski definition) is 2. The van der Waals surface area contributed by atoms with Crippen molar-refractivity contribution in [1.29, 1.82) is 0 Å². The second kappa shape index (κ2) is 8.12. The van der Waals surface area contributed by atoms with Crippen LogP contribution in [0.1, 0.15) is 22.8 Å². The zero-order valence-electron chi connectivity index (χ0n) is 13.9. The molecule has 126 valence electrons. The summed E-state index contributed by atoms with van der Waals surface area (Å²) in [6, 6.07) is 12.2. The molecule has 0 aromatic heterocycles. The molecule has 0 aliphatic carbocycles. The maximum atomic E-state index is 12.4. The smallest absolute Gasteiger partial charge is 0.255 e. The van der Waals surface area contributed by atoms with Crippen molar-refractivity contribution in [3.05, 3.63) is 53.6 Å². The molecule has 6 nitrogen and oxygen atoms in total. The minimum absolute atomic E-state index is 0.218. The molecule has 24 heavy (non-hydrogen) atoms. The molecule has 0 saturated heterocycles. The minimum Gasteiger partial charge on any atom is -0.495 e. The van der Waals surface area contributed by atoms with Crippen molar-refractivity contribution in [1.82, 2.24) is 0 Å². The van der Waals surface area contributed by atoms with Crippen LogP contribution in [0.2, 0.25) is 0 Å². The number of hydrogen-bond acceptors (Lipinski definition) is 4. The minimum atomic E-state index is -0.244. The molecule has 0 saturated carbocycles. The summed E-state index contributed by atoms with van der Waals surface area (Å²) in [5.74, 6) is 0.0567. The molecule has 0 aliphatic heterocycles. The van der Waals surface area contributed by atoms with E-state index in [1.165, 1.54) is 14.0 Å². The van der Waals surface area contributed by atoms with Gasteiger partial charge in [-0.05, 0) is 35.9 Å². The molecule has 0 fully saturated rings. The molecule has 2 amide bonds. The molecule has 0 spiro atoms. The Morgan fingerprint density at radius 1 is 1.04 bits per heavy atom. The quantitative estimate of drug-likeness (QED) is 0.854. The van der Waals surface area contributed by atoms with E-state index in [1.54, 1.807) is 43.5 Å². The predicted octanol–water partition coefficient (Wildman–Crippen LogP) is 3.05. The molecule has 0 atom stereocenters. The number of amides is 2. The van der Waals surface area contributed by atoms with E-state index in [0.29, 0.717) is 29.3 Å². The van der Waals surface area contributed by atoms with E-state index in [9.17, 15) is 9.59 Å². The monoisotopic (exact) mass is 328 g/mol. The highest BCUT2D eigenvalue weighted by Crippen LogP contribution is 2.28. The molecule has 2 N–H and O–H groups in total. The molecule has 0 bridgehead atoms. The molecule has 0 heterocycles. The van der Waals surface area contributed by atoms with E-state index in [4.69, 9.17) is 9.47 Å². The van der Waals surface area contributed by atoms with E-state index < -0.39 is 0 Å². The average Bonchev–Trinajstić information content (AvgIpc) is 2.55. The molecule has 2 aromatic carbocycles. The van der Waals surface area contributed by atoms with Gasteiger partial charge in [-0.2, -0.15) is 0 Å². The standard InChI is InChI=1S/C18H20N2O4/c1-12(21)19-16-10-15(7-8-17(16)24-3)20-18(22)14-6-4-5-13(9-14)11-23-2/h4-10H,11H2,1-3H3,(H,19,21)(H,20,22). The van der Waals surface area contributed by atoms with Crippen LogP contribution in [0.5, 0.6) is 5.75 Å². The van der Waals surface area contributed by atoms with Gasteiger partial charge < -0.3 is 20.1 Å². The molecule has 2 rings (SSSR count). The lowest BCUT2D eigenvalue weighted by atomic mass is 10.1. The maximum absolute atomic E-state index is 12.4. The van der Waals surface area contributed by atoms with Gasteiger partial charge >= 0.3 is 0 Å². The molecular formula is C18H20N2O4. The molecule has 2 aromatic rings. The van der Waals surface area contributed by atoms with Crippen molar-refractivity contribution < 1.29 is 19.1 Å². The summed E-state index contributed by atoms with van der Waals surface area (Å²) in [6.45, 7) is 1.85. The Morgan fingerprint density at radius 2 is 1.83 bits per heavy atom. The van der Waals surface area contributed by atoms with Crippen LogP contribution in [0, 0.1) is 0 Å². The molecular weight excluding hydrogens is 308 g/mol.